The lowest BCUT2D eigenvalue weighted by Gasteiger charge is -2.20. The molecule has 2 aromatic carbocycles. The van der Waals surface area contributed by atoms with Crippen molar-refractivity contribution in [2.75, 3.05) is 5.32 Å². The number of carbonyl (C=O) groups is 1. The third-order valence-corrected chi connectivity index (χ3v) is 4.30. The summed E-state index contributed by atoms with van der Waals surface area (Å²) in [6.07, 6.45) is 1.97. The SMILES string of the molecule is C[C@H](N[C@H]1CCc2ccccc21)C(=O)Nc1cccc([N+](=O)[O-])c1. The van der Waals surface area contributed by atoms with Gasteiger partial charge in [0.15, 0.2) is 0 Å². The highest BCUT2D eigenvalue weighted by molar-refractivity contribution is 5.94. The predicted molar refractivity (Wildman–Crippen MR) is 91.8 cm³/mol. The van der Waals surface area contributed by atoms with Crippen LogP contribution in [0.3, 0.4) is 0 Å². The summed E-state index contributed by atoms with van der Waals surface area (Å²) in [7, 11) is 0. The fourth-order valence-electron chi connectivity index (χ4n) is 3.06. The van der Waals surface area contributed by atoms with Crippen LogP contribution in [0.25, 0.3) is 0 Å². The molecule has 0 aromatic heterocycles. The number of nitrogens with one attached hydrogen (secondary N) is 2. The molecule has 0 heterocycles. The van der Waals surface area contributed by atoms with Gasteiger partial charge in [0.1, 0.15) is 0 Å². The molecule has 1 amide bonds. The molecule has 1 aliphatic rings. The van der Waals surface area contributed by atoms with Crippen LogP contribution >= 0.6 is 0 Å². The molecule has 2 aromatic rings. The van der Waals surface area contributed by atoms with Crippen molar-refractivity contribution in [3.8, 4) is 0 Å². The average molecular weight is 325 g/mol. The van der Waals surface area contributed by atoms with Crippen LogP contribution in [0.15, 0.2) is 48.5 Å². The highest BCUT2D eigenvalue weighted by Crippen LogP contribution is 2.31. The van der Waals surface area contributed by atoms with Crippen LogP contribution in [0.2, 0.25) is 0 Å². The third kappa shape index (κ3) is 3.44. The van der Waals surface area contributed by atoms with E-state index in [1.165, 1.54) is 23.3 Å². The van der Waals surface area contributed by atoms with Crippen LogP contribution in [0.5, 0.6) is 0 Å². The fourth-order valence-corrected chi connectivity index (χ4v) is 3.06. The van der Waals surface area contributed by atoms with Gasteiger partial charge in [-0.25, -0.2) is 0 Å². The molecule has 2 N–H and O–H groups in total. The maximum absolute atomic E-state index is 12.3. The zero-order chi connectivity index (χ0) is 17.1. The molecule has 1 aliphatic carbocycles. The number of nitrogens with zero attached hydrogens (tertiary/aromatic N) is 1. The van der Waals surface area contributed by atoms with E-state index in [1.54, 1.807) is 19.1 Å². The summed E-state index contributed by atoms with van der Waals surface area (Å²) in [4.78, 5) is 22.7. The van der Waals surface area contributed by atoms with Crippen molar-refractivity contribution in [1.29, 1.82) is 0 Å². The average Bonchev–Trinajstić information content (AvgIpc) is 2.98. The lowest BCUT2D eigenvalue weighted by atomic mass is 10.1. The number of nitro groups is 1. The van der Waals surface area contributed by atoms with Crippen molar-refractivity contribution >= 4 is 17.3 Å². The molecule has 0 saturated carbocycles. The van der Waals surface area contributed by atoms with Gasteiger partial charge in [0.2, 0.25) is 5.91 Å². The Labute approximate surface area is 140 Å². The number of aryl methyl sites for hydroxylation is 1. The summed E-state index contributed by atoms with van der Waals surface area (Å²) in [5.74, 6) is -0.208. The summed E-state index contributed by atoms with van der Waals surface area (Å²) in [5, 5.41) is 16.9. The van der Waals surface area contributed by atoms with E-state index in [1.807, 2.05) is 12.1 Å². The largest absolute Gasteiger partial charge is 0.324 e. The second kappa shape index (κ2) is 6.80. The van der Waals surface area contributed by atoms with Gasteiger partial charge in [0, 0.05) is 23.9 Å². The maximum atomic E-state index is 12.3. The van der Waals surface area contributed by atoms with Crippen LogP contribution in [0.1, 0.15) is 30.5 Å². The summed E-state index contributed by atoms with van der Waals surface area (Å²) in [5.41, 5.74) is 2.95. The number of hydrogen-bond donors (Lipinski definition) is 2. The predicted octanol–water partition coefficient (Wildman–Crippen LogP) is 3.20. The molecular formula is C18H19N3O3. The highest BCUT2D eigenvalue weighted by atomic mass is 16.6. The number of amides is 1. The van der Waals surface area contributed by atoms with Gasteiger partial charge < -0.3 is 5.32 Å². The minimum Gasteiger partial charge on any atom is -0.324 e. The molecule has 0 unspecified atom stereocenters. The van der Waals surface area contributed by atoms with E-state index < -0.39 is 11.0 Å². The molecule has 2 atom stereocenters. The number of anilines is 1. The number of nitro benzene ring substituents is 1. The zero-order valence-corrected chi connectivity index (χ0v) is 13.4. The van der Waals surface area contributed by atoms with Gasteiger partial charge in [-0.05, 0) is 37.0 Å². The molecule has 124 valence electrons. The molecule has 0 radical (unpaired) electrons. The molecule has 24 heavy (non-hydrogen) atoms. The smallest absolute Gasteiger partial charge is 0.271 e. The van der Waals surface area contributed by atoms with Crippen molar-refractivity contribution in [3.63, 3.8) is 0 Å². The van der Waals surface area contributed by atoms with E-state index in [0.29, 0.717) is 5.69 Å². The zero-order valence-electron chi connectivity index (χ0n) is 13.4. The Hall–Kier alpha value is -2.73. The first-order chi connectivity index (χ1) is 11.5. The number of carbonyl (C=O) groups excluding carboxylic acids is 1. The monoisotopic (exact) mass is 325 g/mol. The number of hydrogen-bond acceptors (Lipinski definition) is 4. The van der Waals surface area contributed by atoms with Gasteiger partial charge in [0.25, 0.3) is 5.69 Å². The highest BCUT2D eigenvalue weighted by Gasteiger charge is 2.25. The molecule has 6 heteroatoms. The summed E-state index contributed by atoms with van der Waals surface area (Å²) in [6, 6.07) is 13.9. The van der Waals surface area contributed by atoms with Crippen molar-refractivity contribution in [1.82, 2.24) is 5.32 Å². The van der Waals surface area contributed by atoms with E-state index in [2.05, 4.69) is 22.8 Å². The Morgan fingerprint density at radius 3 is 2.83 bits per heavy atom. The standard InChI is InChI=1S/C18H19N3O3/c1-12(19-17-10-9-13-5-2-3-8-16(13)17)18(22)20-14-6-4-7-15(11-14)21(23)24/h2-8,11-12,17,19H,9-10H2,1H3,(H,20,22)/t12-,17-/m0/s1. The number of non-ortho nitro benzene ring substituents is 1. The quantitative estimate of drug-likeness (QED) is 0.653. The maximum Gasteiger partial charge on any atom is 0.271 e. The first-order valence-corrected chi connectivity index (χ1v) is 7.94. The lowest BCUT2D eigenvalue weighted by molar-refractivity contribution is -0.384. The van der Waals surface area contributed by atoms with Gasteiger partial charge >= 0.3 is 0 Å². The molecule has 0 bridgehead atoms. The Morgan fingerprint density at radius 2 is 2.04 bits per heavy atom. The van der Waals surface area contributed by atoms with Crippen LogP contribution in [-0.4, -0.2) is 16.9 Å². The van der Waals surface area contributed by atoms with Gasteiger partial charge in [-0.3, -0.25) is 20.2 Å². The molecule has 3 rings (SSSR count). The first-order valence-electron chi connectivity index (χ1n) is 7.94. The molecule has 0 spiro atoms. The number of fused-ring (bicyclic) bond motifs is 1. The van der Waals surface area contributed by atoms with Crippen LogP contribution < -0.4 is 10.6 Å². The first kappa shape index (κ1) is 16.1. The minimum atomic E-state index is -0.479. The topological polar surface area (TPSA) is 84.3 Å². The van der Waals surface area contributed by atoms with E-state index >= 15 is 0 Å². The molecule has 0 saturated heterocycles. The van der Waals surface area contributed by atoms with Gasteiger partial charge in [-0.2, -0.15) is 0 Å². The summed E-state index contributed by atoms with van der Waals surface area (Å²) in [6.45, 7) is 1.80. The molecule has 0 fully saturated rings. The Kier molecular flexibility index (Phi) is 4.57. The van der Waals surface area contributed by atoms with Crippen molar-refractivity contribution in [2.24, 2.45) is 0 Å². The summed E-state index contributed by atoms with van der Waals surface area (Å²) < 4.78 is 0. The van der Waals surface area contributed by atoms with Crippen LogP contribution in [0, 0.1) is 10.1 Å². The van der Waals surface area contributed by atoms with E-state index in [-0.39, 0.29) is 17.6 Å². The van der Waals surface area contributed by atoms with E-state index in [0.717, 1.165) is 12.8 Å². The van der Waals surface area contributed by atoms with Crippen LogP contribution in [0.4, 0.5) is 11.4 Å². The molecular weight excluding hydrogens is 306 g/mol. The van der Waals surface area contributed by atoms with Gasteiger partial charge in [0.05, 0.1) is 11.0 Å². The Bertz CT molecular complexity index is 776. The second-order valence-electron chi connectivity index (χ2n) is 5.98. The minimum absolute atomic E-state index is 0.0434. The normalized spacial score (nSPS) is 17.1. The lowest BCUT2D eigenvalue weighted by Crippen LogP contribution is -2.39. The fraction of sp³-hybridized carbons (Fsp3) is 0.278. The van der Waals surface area contributed by atoms with Gasteiger partial charge in [-0.1, -0.05) is 30.3 Å². The van der Waals surface area contributed by atoms with Crippen molar-refractivity contribution in [2.45, 2.75) is 31.8 Å². The van der Waals surface area contributed by atoms with Crippen molar-refractivity contribution in [3.05, 3.63) is 69.8 Å². The molecule has 6 nitrogen and oxygen atoms in total. The van der Waals surface area contributed by atoms with E-state index in [9.17, 15) is 14.9 Å². The number of benzene rings is 2. The Balaban J connectivity index is 1.64. The van der Waals surface area contributed by atoms with E-state index in [4.69, 9.17) is 0 Å². The Morgan fingerprint density at radius 1 is 1.25 bits per heavy atom. The van der Waals surface area contributed by atoms with Gasteiger partial charge in [-0.15, -0.1) is 0 Å². The third-order valence-electron chi connectivity index (χ3n) is 4.30. The summed E-state index contributed by atoms with van der Waals surface area (Å²) >= 11 is 0. The van der Waals surface area contributed by atoms with Crippen molar-refractivity contribution < 1.29 is 9.72 Å². The second-order valence-corrected chi connectivity index (χ2v) is 5.98. The molecule has 0 aliphatic heterocycles. The van der Waals surface area contributed by atoms with Crippen LogP contribution in [-0.2, 0) is 11.2 Å². The number of rotatable bonds is 5.